The zero-order valence-corrected chi connectivity index (χ0v) is 11.8. The second-order valence-electron chi connectivity index (χ2n) is 5.82. The lowest BCUT2D eigenvalue weighted by Gasteiger charge is -2.23. The van der Waals surface area contributed by atoms with Gasteiger partial charge in [-0.3, -0.25) is 4.90 Å². The molecule has 0 amide bonds. The van der Waals surface area contributed by atoms with Crippen LogP contribution in [0, 0.1) is 5.92 Å². The van der Waals surface area contributed by atoms with Crippen molar-refractivity contribution >= 4 is 21.6 Å². The van der Waals surface area contributed by atoms with Crippen LogP contribution in [0.25, 0.3) is 10.2 Å². The molecule has 4 heteroatoms. The molecular weight excluding hydrogens is 254 g/mol. The van der Waals surface area contributed by atoms with Crippen molar-refractivity contribution in [2.24, 2.45) is 5.92 Å². The summed E-state index contributed by atoms with van der Waals surface area (Å²) in [6, 6.07) is 9.16. The highest BCUT2D eigenvalue weighted by Crippen LogP contribution is 2.26. The van der Waals surface area contributed by atoms with Crippen molar-refractivity contribution in [3.63, 3.8) is 0 Å². The average Bonchev–Trinajstić information content (AvgIpc) is 2.60. The molecule has 0 radical (unpaired) electrons. The molecule has 3 aliphatic heterocycles. The lowest BCUT2D eigenvalue weighted by molar-refractivity contribution is 0.256. The molecule has 3 aliphatic rings. The summed E-state index contributed by atoms with van der Waals surface area (Å²) >= 11 is 1.85. The first-order valence-electron chi connectivity index (χ1n) is 7.17. The number of piperidine rings is 1. The normalized spacial score (nSPS) is 27.8. The van der Waals surface area contributed by atoms with Gasteiger partial charge in [-0.15, -0.1) is 11.3 Å². The molecule has 3 fully saturated rings. The van der Waals surface area contributed by atoms with Gasteiger partial charge in [0.05, 0.1) is 16.8 Å². The lowest BCUT2D eigenvalue weighted by atomic mass is 9.97. The van der Waals surface area contributed by atoms with Gasteiger partial charge in [0.25, 0.3) is 0 Å². The second-order valence-corrected chi connectivity index (χ2v) is 6.93. The van der Waals surface area contributed by atoms with E-state index >= 15 is 0 Å². The number of para-hydroxylation sites is 1. The second kappa shape index (κ2) is 4.85. The molecule has 0 saturated carbocycles. The number of rotatable bonds is 2. The molecule has 3 nitrogen and oxygen atoms in total. The Bertz CT molecular complexity index is 525. The molecule has 3 saturated heterocycles. The summed E-state index contributed by atoms with van der Waals surface area (Å²) in [7, 11) is 0. The van der Waals surface area contributed by atoms with Crippen LogP contribution in [0.3, 0.4) is 0 Å². The summed E-state index contributed by atoms with van der Waals surface area (Å²) in [4.78, 5) is 7.36. The molecular formula is C15H19N3S. The predicted molar refractivity (Wildman–Crippen MR) is 79.4 cm³/mol. The van der Waals surface area contributed by atoms with Crippen LogP contribution in [-0.4, -0.2) is 35.6 Å². The Kier molecular flexibility index (Phi) is 3.02. The van der Waals surface area contributed by atoms with E-state index in [9.17, 15) is 0 Å². The molecule has 1 aromatic carbocycles. The average molecular weight is 273 g/mol. The molecule has 2 bridgehead atoms. The maximum atomic E-state index is 4.76. The van der Waals surface area contributed by atoms with Gasteiger partial charge in [-0.25, -0.2) is 4.98 Å². The number of nitrogens with one attached hydrogen (secondary N) is 1. The van der Waals surface area contributed by atoms with Gasteiger partial charge < -0.3 is 5.32 Å². The highest BCUT2D eigenvalue weighted by Gasteiger charge is 2.29. The number of aromatic nitrogens is 1. The third kappa shape index (κ3) is 2.40. The summed E-state index contributed by atoms with van der Waals surface area (Å²) < 4.78 is 1.31. The van der Waals surface area contributed by atoms with Gasteiger partial charge in [-0.1, -0.05) is 12.1 Å². The smallest absolute Gasteiger partial charge is 0.108 e. The molecule has 4 heterocycles. The molecule has 0 spiro atoms. The minimum absolute atomic E-state index is 0.702. The van der Waals surface area contributed by atoms with Crippen molar-refractivity contribution in [2.45, 2.75) is 25.4 Å². The Hall–Kier alpha value is -0.970. The highest BCUT2D eigenvalue weighted by molar-refractivity contribution is 7.18. The number of fused-ring (bicyclic) bond motifs is 5. The Morgan fingerprint density at radius 3 is 3.05 bits per heavy atom. The van der Waals surface area contributed by atoms with Gasteiger partial charge in [-0.05, 0) is 37.4 Å². The quantitative estimate of drug-likeness (QED) is 0.911. The minimum Gasteiger partial charge on any atom is -0.312 e. The topological polar surface area (TPSA) is 28.2 Å². The predicted octanol–water partition coefficient (Wildman–Crippen LogP) is 2.48. The van der Waals surface area contributed by atoms with E-state index in [1.165, 1.54) is 42.2 Å². The van der Waals surface area contributed by atoms with Crippen molar-refractivity contribution in [3.8, 4) is 0 Å². The van der Waals surface area contributed by atoms with Crippen LogP contribution in [0.15, 0.2) is 24.3 Å². The molecule has 1 N–H and O–H groups in total. The van der Waals surface area contributed by atoms with Crippen LogP contribution < -0.4 is 5.32 Å². The van der Waals surface area contributed by atoms with Gasteiger partial charge in [0, 0.05) is 19.1 Å². The van der Waals surface area contributed by atoms with Crippen LogP contribution in [0.4, 0.5) is 0 Å². The maximum Gasteiger partial charge on any atom is 0.108 e. The summed E-state index contributed by atoms with van der Waals surface area (Å²) in [5, 5.41) is 4.93. The maximum absolute atomic E-state index is 4.76. The van der Waals surface area contributed by atoms with Crippen molar-refractivity contribution < 1.29 is 0 Å². The van der Waals surface area contributed by atoms with Crippen LogP contribution in [0.2, 0.25) is 0 Å². The highest BCUT2D eigenvalue weighted by atomic mass is 32.1. The molecule has 1 aromatic heterocycles. The largest absolute Gasteiger partial charge is 0.312 e. The van der Waals surface area contributed by atoms with Crippen molar-refractivity contribution in [2.75, 3.05) is 19.6 Å². The van der Waals surface area contributed by atoms with Crippen molar-refractivity contribution in [1.82, 2.24) is 15.2 Å². The zero-order valence-electron chi connectivity index (χ0n) is 11.0. The van der Waals surface area contributed by atoms with Gasteiger partial charge in [0.15, 0.2) is 0 Å². The van der Waals surface area contributed by atoms with E-state index in [1.807, 2.05) is 11.3 Å². The van der Waals surface area contributed by atoms with E-state index in [1.54, 1.807) is 0 Å². The Morgan fingerprint density at radius 2 is 2.21 bits per heavy atom. The number of hydrogen-bond donors (Lipinski definition) is 1. The Balaban J connectivity index is 1.54. The number of hydrogen-bond acceptors (Lipinski definition) is 4. The lowest BCUT2D eigenvalue weighted by Crippen LogP contribution is -2.39. The molecule has 19 heavy (non-hydrogen) atoms. The van der Waals surface area contributed by atoms with Crippen LogP contribution in [0.5, 0.6) is 0 Å². The molecule has 100 valence electrons. The van der Waals surface area contributed by atoms with Gasteiger partial charge in [0.2, 0.25) is 0 Å². The summed E-state index contributed by atoms with van der Waals surface area (Å²) in [5.41, 5.74) is 1.15. The molecule has 0 unspecified atom stereocenters. The van der Waals surface area contributed by atoms with Crippen LogP contribution >= 0.6 is 11.3 Å². The summed E-state index contributed by atoms with van der Waals surface area (Å²) in [6.07, 6.45) is 2.75. The molecule has 5 rings (SSSR count). The fraction of sp³-hybridized carbons (Fsp3) is 0.533. The van der Waals surface area contributed by atoms with Gasteiger partial charge >= 0.3 is 0 Å². The monoisotopic (exact) mass is 273 g/mol. The Labute approximate surface area is 117 Å². The molecule has 2 aromatic rings. The summed E-state index contributed by atoms with van der Waals surface area (Å²) in [5.74, 6) is 0.841. The minimum atomic E-state index is 0.702. The van der Waals surface area contributed by atoms with E-state index in [4.69, 9.17) is 4.98 Å². The first-order chi connectivity index (χ1) is 9.37. The van der Waals surface area contributed by atoms with Crippen LogP contribution in [-0.2, 0) is 6.54 Å². The van der Waals surface area contributed by atoms with Crippen molar-refractivity contribution in [3.05, 3.63) is 29.3 Å². The first kappa shape index (κ1) is 11.8. The van der Waals surface area contributed by atoms with E-state index in [0.29, 0.717) is 6.04 Å². The molecule has 0 aliphatic carbocycles. The first-order valence-corrected chi connectivity index (χ1v) is 7.99. The number of thiazole rings is 1. The SMILES string of the molecule is c1ccc2sc(CN3C[C@H]4CC[C@@H](C3)NC4)nc2c1. The number of nitrogens with zero attached hydrogens (tertiary/aromatic N) is 2. The fourth-order valence-electron chi connectivity index (χ4n) is 3.35. The van der Waals surface area contributed by atoms with Crippen molar-refractivity contribution in [1.29, 1.82) is 0 Å². The van der Waals surface area contributed by atoms with E-state index in [2.05, 4.69) is 34.5 Å². The van der Waals surface area contributed by atoms with E-state index < -0.39 is 0 Å². The fourth-order valence-corrected chi connectivity index (χ4v) is 4.36. The Morgan fingerprint density at radius 1 is 1.26 bits per heavy atom. The van der Waals surface area contributed by atoms with Crippen LogP contribution in [0.1, 0.15) is 17.8 Å². The molecule has 2 atom stereocenters. The van der Waals surface area contributed by atoms with Gasteiger partial charge in [0.1, 0.15) is 5.01 Å². The van der Waals surface area contributed by atoms with Gasteiger partial charge in [-0.2, -0.15) is 0 Å². The summed E-state index contributed by atoms with van der Waals surface area (Å²) in [6.45, 7) is 4.65. The number of benzene rings is 1. The standard InChI is InChI=1S/C15H19N3S/c1-2-4-14-13(3-1)17-15(19-14)10-18-8-11-5-6-12(9-18)16-7-11/h1-4,11-12,16H,5-10H2/t11-,12-/m0/s1. The zero-order chi connectivity index (χ0) is 12.7. The van der Waals surface area contributed by atoms with E-state index in [0.717, 1.165) is 18.0 Å². The van der Waals surface area contributed by atoms with E-state index in [-0.39, 0.29) is 0 Å². The third-order valence-corrected chi connectivity index (χ3v) is 5.33. The third-order valence-electron chi connectivity index (χ3n) is 4.31.